The average molecular weight is 206 g/mol. The van der Waals surface area contributed by atoms with Gasteiger partial charge in [0.2, 0.25) is 5.78 Å². The van der Waals surface area contributed by atoms with Gasteiger partial charge in [0.15, 0.2) is 0 Å². The Kier molecular flexibility index (Phi) is 3.56. The third-order valence-electron chi connectivity index (χ3n) is 1.71. The molecule has 0 radical (unpaired) electrons. The van der Waals surface area contributed by atoms with Gasteiger partial charge in [-0.15, -0.1) is 0 Å². The van der Waals surface area contributed by atoms with Gasteiger partial charge in [-0.25, -0.2) is 0 Å². The molecule has 5 nitrogen and oxygen atoms in total. The first-order valence-electron chi connectivity index (χ1n) is 4.28. The number of nitrogens with one attached hydrogen (secondary N) is 1. The third kappa shape index (κ3) is 3.22. The van der Waals surface area contributed by atoms with Gasteiger partial charge in [0.25, 0.3) is 0 Å². The first kappa shape index (κ1) is 10.9. The first-order chi connectivity index (χ1) is 7.11. The van der Waals surface area contributed by atoms with Crippen LogP contribution in [-0.2, 0) is 4.79 Å². The van der Waals surface area contributed by atoms with Crippen LogP contribution in [0, 0.1) is 10.1 Å². The minimum absolute atomic E-state index is 0.459. The van der Waals surface area contributed by atoms with Crippen LogP contribution in [0.25, 0.3) is 0 Å². The highest BCUT2D eigenvalue weighted by Gasteiger charge is 2.15. The summed E-state index contributed by atoms with van der Waals surface area (Å²) in [5.74, 6) is -0.580. The van der Waals surface area contributed by atoms with Crippen LogP contribution in [0.1, 0.15) is 6.92 Å². The van der Waals surface area contributed by atoms with Crippen molar-refractivity contribution in [1.29, 1.82) is 0 Å². The van der Waals surface area contributed by atoms with E-state index in [0.29, 0.717) is 5.69 Å². The van der Waals surface area contributed by atoms with Crippen LogP contribution in [0.15, 0.2) is 42.2 Å². The van der Waals surface area contributed by atoms with Crippen molar-refractivity contribution < 1.29 is 9.72 Å². The second-order valence-corrected chi connectivity index (χ2v) is 2.85. The van der Waals surface area contributed by atoms with Gasteiger partial charge >= 0.3 is 5.70 Å². The van der Waals surface area contributed by atoms with Crippen molar-refractivity contribution in [3.05, 3.63) is 52.3 Å². The van der Waals surface area contributed by atoms with E-state index in [1.54, 1.807) is 24.3 Å². The largest absolute Gasteiger partial charge is 0.356 e. The van der Waals surface area contributed by atoms with Gasteiger partial charge in [-0.3, -0.25) is 14.9 Å². The average Bonchev–Trinajstić information content (AvgIpc) is 2.18. The number of carbonyl (C=O) groups is 1. The van der Waals surface area contributed by atoms with Gasteiger partial charge in [0, 0.05) is 12.6 Å². The summed E-state index contributed by atoms with van der Waals surface area (Å²) in [7, 11) is 0. The topological polar surface area (TPSA) is 72.2 Å². The molecule has 1 N–H and O–H groups in total. The number of anilines is 1. The first-order valence-corrected chi connectivity index (χ1v) is 4.28. The molecule has 1 aromatic carbocycles. The van der Waals surface area contributed by atoms with Gasteiger partial charge in [-0.2, -0.15) is 0 Å². The lowest BCUT2D eigenvalue weighted by Gasteiger charge is -1.99. The van der Waals surface area contributed by atoms with E-state index in [1.165, 1.54) is 0 Å². The molecule has 0 spiro atoms. The highest BCUT2D eigenvalue weighted by atomic mass is 16.6. The Bertz CT molecular complexity index is 382. The molecule has 1 rings (SSSR count). The van der Waals surface area contributed by atoms with Crippen LogP contribution < -0.4 is 5.32 Å². The van der Waals surface area contributed by atoms with Crippen LogP contribution in [-0.4, -0.2) is 10.7 Å². The molecule has 15 heavy (non-hydrogen) atoms. The number of rotatable bonds is 4. The predicted octanol–water partition coefficient (Wildman–Crippen LogP) is 1.81. The number of para-hydroxylation sites is 1. The maximum absolute atomic E-state index is 10.9. The smallest absolute Gasteiger partial charge is 0.327 e. The summed E-state index contributed by atoms with van der Waals surface area (Å²) < 4.78 is 0. The molecule has 0 saturated heterocycles. The fourth-order valence-electron chi connectivity index (χ4n) is 0.969. The number of ketones is 1. The normalized spacial score (nSPS) is 10.9. The van der Waals surface area contributed by atoms with E-state index in [-0.39, 0.29) is 0 Å². The van der Waals surface area contributed by atoms with E-state index in [1.807, 2.05) is 6.07 Å². The lowest BCUT2D eigenvalue weighted by Crippen LogP contribution is -2.09. The molecule has 0 unspecified atom stereocenters. The molecular formula is C10H10N2O3. The summed E-state index contributed by atoms with van der Waals surface area (Å²) in [6.07, 6.45) is 1.09. The molecule has 0 aromatic heterocycles. The summed E-state index contributed by atoms with van der Waals surface area (Å²) >= 11 is 0. The number of hydrogen-bond donors (Lipinski definition) is 1. The Morgan fingerprint density at radius 2 is 2.00 bits per heavy atom. The summed E-state index contributed by atoms with van der Waals surface area (Å²) in [6.45, 7) is 1.15. The molecular weight excluding hydrogens is 196 g/mol. The lowest BCUT2D eigenvalue weighted by atomic mass is 10.3. The zero-order valence-corrected chi connectivity index (χ0v) is 8.14. The van der Waals surface area contributed by atoms with Crippen molar-refractivity contribution >= 4 is 11.5 Å². The van der Waals surface area contributed by atoms with E-state index in [0.717, 1.165) is 13.1 Å². The molecule has 0 fully saturated rings. The molecule has 0 amide bonds. The zero-order valence-electron chi connectivity index (χ0n) is 8.14. The molecule has 0 aliphatic heterocycles. The summed E-state index contributed by atoms with van der Waals surface area (Å²) in [5, 5.41) is 13.1. The summed E-state index contributed by atoms with van der Waals surface area (Å²) in [4.78, 5) is 20.6. The second kappa shape index (κ2) is 4.90. The van der Waals surface area contributed by atoms with E-state index in [2.05, 4.69) is 5.32 Å². The number of benzene rings is 1. The molecule has 1 aromatic rings. The van der Waals surface area contributed by atoms with Gasteiger partial charge < -0.3 is 5.32 Å². The summed E-state index contributed by atoms with van der Waals surface area (Å²) in [5.41, 5.74) is 0.233. The van der Waals surface area contributed by atoms with Crippen LogP contribution in [0.5, 0.6) is 0 Å². The molecule has 0 aliphatic carbocycles. The lowest BCUT2D eigenvalue weighted by molar-refractivity contribution is -0.418. The Morgan fingerprint density at radius 3 is 2.47 bits per heavy atom. The number of nitrogens with zero attached hydrogens (tertiary/aromatic N) is 1. The monoisotopic (exact) mass is 206 g/mol. The molecule has 0 bridgehead atoms. The molecule has 0 aliphatic rings. The van der Waals surface area contributed by atoms with Crippen molar-refractivity contribution in [3.8, 4) is 0 Å². The molecule has 5 heteroatoms. The maximum Gasteiger partial charge on any atom is 0.327 e. The SMILES string of the molecule is CC(=O)C(=CNc1ccccc1)[N+](=O)[O-]. The number of allylic oxidation sites excluding steroid dienone is 1. The van der Waals surface area contributed by atoms with Crippen molar-refractivity contribution in [2.24, 2.45) is 0 Å². The molecule has 0 saturated carbocycles. The minimum atomic E-state index is -0.710. The highest BCUT2D eigenvalue weighted by molar-refractivity contribution is 5.91. The van der Waals surface area contributed by atoms with E-state index >= 15 is 0 Å². The molecule has 0 atom stereocenters. The number of nitro groups is 1. The van der Waals surface area contributed by atoms with Crippen molar-refractivity contribution in [3.63, 3.8) is 0 Å². The Hall–Kier alpha value is -2.17. The Labute approximate surface area is 86.6 Å². The Morgan fingerprint density at radius 1 is 1.40 bits per heavy atom. The predicted molar refractivity (Wildman–Crippen MR) is 55.8 cm³/mol. The fraction of sp³-hybridized carbons (Fsp3) is 0.100. The fourth-order valence-corrected chi connectivity index (χ4v) is 0.969. The van der Waals surface area contributed by atoms with Crippen LogP contribution >= 0.6 is 0 Å². The third-order valence-corrected chi connectivity index (χ3v) is 1.71. The maximum atomic E-state index is 10.9. The van der Waals surface area contributed by atoms with Crippen LogP contribution in [0.4, 0.5) is 5.69 Å². The highest BCUT2D eigenvalue weighted by Crippen LogP contribution is 2.06. The van der Waals surface area contributed by atoms with E-state index in [9.17, 15) is 14.9 Å². The van der Waals surface area contributed by atoms with Gasteiger partial charge in [-0.1, -0.05) is 18.2 Å². The van der Waals surface area contributed by atoms with Crippen LogP contribution in [0.3, 0.4) is 0 Å². The van der Waals surface area contributed by atoms with Crippen molar-refractivity contribution in [1.82, 2.24) is 0 Å². The number of hydrogen-bond acceptors (Lipinski definition) is 4. The van der Waals surface area contributed by atoms with Crippen molar-refractivity contribution in [2.45, 2.75) is 6.92 Å². The van der Waals surface area contributed by atoms with E-state index < -0.39 is 16.4 Å². The van der Waals surface area contributed by atoms with Gasteiger partial charge in [0.05, 0.1) is 11.1 Å². The summed E-state index contributed by atoms with van der Waals surface area (Å²) in [6, 6.07) is 8.89. The van der Waals surface area contributed by atoms with Gasteiger partial charge in [0.1, 0.15) is 0 Å². The second-order valence-electron chi connectivity index (χ2n) is 2.85. The zero-order chi connectivity index (χ0) is 11.3. The molecule has 0 heterocycles. The standard InChI is InChI=1S/C10H10N2O3/c1-8(13)10(12(14)15)7-11-9-5-3-2-4-6-9/h2-7,11H,1H3. The molecule has 78 valence electrons. The number of carbonyl (C=O) groups excluding carboxylic acids is 1. The quantitative estimate of drug-likeness (QED) is 0.463. The number of Topliss-reactive ketones (excluding diaryl/α,β-unsaturated/α-hetero) is 1. The Balaban J connectivity index is 2.79. The minimum Gasteiger partial charge on any atom is -0.356 e. The van der Waals surface area contributed by atoms with Gasteiger partial charge in [-0.05, 0) is 12.1 Å². The van der Waals surface area contributed by atoms with Crippen molar-refractivity contribution in [2.75, 3.05) is 5.32 Å². The van der Waals surface area contributed by atoms with Crippen LogP contribution in [0.2, 0.25) is 0 Å². The van der Waals surface area contributed by atoms with E-state index in [4.69, 9.17) is 0 Å².